The van der Waals surface area contributed by atoms with Crippen molar-refractivity contribution < 1.29 is 24.2 Å². The van der Waals surface area contributed by atoms with Gasteiger partial charge in [-0.05, 0) is 28.1 Å². The summed E-state index contributed by atoms with van der Waals surface area (Å²) in [5, 5.41) is 11.5. The first-order valence-electron chi connectivity index (χ1n) is 5.47. The SMILES string of the molecule is COC(=O)CN(C)C(=O)Nc1c(Br)cccc1C(=O)O. The molecule has 0 aromatic heterocycles. The molecule has 0 bridgehead atoms. The fourth-order valence-electron chi connectivity index (χ4n) is 1.36. The fraction of sp³-hybridized carbons (Fsp3) is 0.250. The molecule has 0 saturated heterocycles. The predicted octanol–water partition coefficient (Wildman–Crippen LogP) is 1.78. The van der Waals surface area contributed by atoms with Gasteiger partial charge in [0.2, 0.25) is 0 Å². The molecular weight excluding hydrogens is 332 g/mol. The van der Waals surface area contributed by atoms with Gasteiger partial charge in [0.15, 0.2) is 0 Å². The number of halogens is 1. The van der Waals surface area contributed by atoms with Gasteiger partial charge in [0.1, 0.15) is 6.54 Å². The van der Waals surface area contributed by atoms with E-state index >= 15 is 0 Å². The van der Waals surface area contributed by atoms with Crippen molar-refractivity contribution >= 4 is 39.6 Å². The lowest BCUT2D eigenvalue weighted by atomic mass is 10.2. The van der Waals surface area contributed by atoms with Gasteiger partial charge in [-0.15, -0.1) is 0 Å². The summed E-state index contributed by atoms with van der Waals surface area (Å²) in [6.07, 6.45) is 0. The van der Waals surface area contributed by atoms with E-state index in [9.17, 15) is 14.4 Å². The third-order valence-electron chi connectivity index (χ3n) is 2.42. The third-order valence-corrected chi connectivity index (χ3v) is 3.08. The maximum absolute atomic E-state index is 11.9. The van der Waals surface area contributed by atoms with Gasteiger partial charge >= 0.3 is 18.0 Å². The van der Waals surface area contributed by atoms with Crippen LogP contribution in [0.1, 0.15) is 10.4 Å². The van der Waals surface area contributed by atoms with Crippen LogP contribution in [-0.4, -0.2) is 48.7 Å². The summed E-state index contributed by atoms with van der Waals surface area (Å²) >= 11 is 3.17. The van der Waals surface area contributed by atoms with E-state index in [1.165, 1.54) is 20.2 Å². The van der Waals surface area contributed by atoms with E-state index in [4.69, 9.17) is 5.11 Å². The Hall–Kier alpha value is -2.09. The van der Waals surface area contributed by atoms with E-state index in [-0.39, 0.29) is 17.8 Å². The van der Waals surface area contributed by atoms with Gasteiger partial charge in [0.05, 0.1) is 18.4 Å². The summed E-state index contributed by atoms with van der Waals surface area (Å²) in [4.78, 5) is 35.1. The molecule has 0 aliphatic heterocycles. The fourth-order valence-corrected chi connectivity index (χ4v) is 1.83. The number of carboxylic acids is 1. The van der Waals surface area contributed by atoms with Crippen LogP contribution >= 0.6 is 15.9 Å². The number of benzene rings is 1. The normalized spacial score (nSPS) is 9.75. The second-order valence-corrected chi connectivity index (χ2v) is 4.68. The van der Waals surface area contributed by atoms with Crippen molar-refractivity contribution in [2.45, 2.75) is 0 Å². The molecule has 7 nitrogen and oxygen atoms in total. The highest BCUT2D eigenvalue weighted by molar-refractivity contribution is 9.10. The number of para-hydroxylation sites is 1. The van der Waals surface area contributed by atoms with Gasteiger partial charge in [-0.25, -0.2) is 9.59 Å². The maximum atomic E-state index is 11.9. The summed E-state index contributed by atoms with van der Waals surface area (Å²) < 4.78 is 4.87. The van der Waals surface area contributed by atoms with Crippen molar-refractivity contribution in [3.63, 3.8) is 0 Å². The van der Waals surface area contributed by atoms with Gasteiger partial charge in [-0.3, -0.25) is 4.79 Å². The maximum Gasteiger partial charge on any atom is 0.337 e. The van der Waals surface area contributed by atoms with Crippen molar-refractivity contribution in [1.29, 1.82) is 0 Å². The van der Waals surface area contributed by atoms with Gasteiger partial charge in [0, 0.05) is 11.5 Å². The average Bonchev–Trinajstić information content (AvgIpc) is 2.40. The second-order valence-electron chi connectivity index (χ2n) is 3.83. The van der Waals surface area contributed by atoms with Crippen LogP contribution in [0.5, 0.6) is 0 Å². The molecule has 0 unspecified atom stereocenters. The van der Waals surface area contributed by atoms with Crippen LogP contribution in [-0.2, 0) is 9.53 Å². The Balaban J connectivity index is 2.90. The van der Waals surface area contributed by atoms with E-state index in [1.807, 2.05) is 0 Å². The van der Waals surface area contributed by atoms with Crippen molar-refractivity contribution in [1.82, 2.24) is 4.90 Å². The van der Waals surface area contributed by atoms with Crippen LogP contribution in [0, 0.1) is 0 Å². The number of nitrogens with zero attached hydrogens (tertiary/aromatic N) is 1. The molecule has 20 heavy (non-hydrogen) atoms. The zero-order valence-electron chi connectivity index (χ0n) is 10.8. The molecule has 2 N–H and O–H groups in total. The number of carbonyl (C=O) groups is 3. The summed E-state index contributed by atoms with van der Waals surface area (Å²) in [7, 11) is 2.61. The molecule has 0 radical (unpaired) electrons. The molecule has 0 aliphatic rings. The van der Waals surface area contributed by atoms with E-state index in [0.717, 1.165) is 4.90 Å². The van der Waals surface area contributed by atoms with Crippen molar-refractivity contribution in [2.24, 2.45) is 0 Å². The molecule has 0 heterocycles. The van der Waals surface area contributed by atoms with Crippen molar-refractivity contribution in [2.75, 3.05) is 26.0 Å². The quantitative estimate of drug-likeness (QED) is 0.811. The van der Waals surface area contributed by atoms with E-state index in [1.54, 1.807) is 12.1 Å². The zero-order valence-corrected chi connectivity index (χ0v) is 12.4. The second kappa shape index (κ2) is 6.90. The monoisotopic (exact) mass is 344 g/mol. The lowest BCUT2D eigenvalue weighted by Gasteiger charge is -2.18. The number of amides is 2. The Bertz CT molecular complexity index is 547. The first-order valence-corrected chi connectivity index (χ1v) is 6.26. The molecule has 0 atom stereocenters. The number of ether oxygens (including phenoxy) is 1. The molecule has 108 valence electrons. The minimum absolute atomic E-state index is 0.0563. The number of hydrogen-bond acceptors (Lipinski definition) is 4. The van der Waals surface area contributed by atoms with Crippen molar-refractivity contribution in [3.05, 3.63) is 28.2 Å². The zero-order chi connectivity index (χ0) is 15.3. The summed E-state index contributed by atoms with van der Waals surface area (Å²) in [6.45, 7) is -0.241. The van der Waals surface area contributed by atoms with Gasteiger partial charge in [-0.1, -0.05) is 6.07 Å². The first-order chi connectivity index (χ1) is 9.36. The highest BCUT2D eigenvalue weighted by atomic mass is 79.9. The molecular formula is C12H13BrN2O5. The van der Waals surface area contributed by atoms with Crippen LogP contribution < -0.4 is 5.32 Å². The highest BCUT2D eigenvalue weighted by Gasteiger charge is 2.18. The summed E-state index contributed by atoms with van der Waals surface area (Å²) in [5.74, 6) is -1.74. The Labute approximate surface area is 123 Å². The Morgan fingerprint density at radius 1 is 1.40 bits per heavy atom. The number of rotatable bonds is 4. The van der Waals surface area contributed by atoms with Crippen molar-refractivity contribution in [3.8, 4) is 0 Å². The average molecular weight is 345 g/mol. The van der Waals surface area contributed by atoms with E-state index in [2.05, 4.69) is 26.0 Å². The first kappa shape index (κ1) is 16.0. The lowest BCUT2D eigenvalue weighted by molar-refractivity contribution is -0.140. The number of hydrogen-bond donors (Lipinski definition) is 2. The molecule has 0 aliphatic carbocycles. The number of esters is 1. The van der Waals surface area contributed by atoms with Crippen LogP contribution in [0.15, 0.2) is 22.7 Å². The number of nitrogens with one attached hydrogen (secondary N) is 1. The van der Waals surface area contributed by atoms with Gasteiger partial charge in [-0.2, -0.15) is 0 Å². The molecule has 1 rings (SSSR count). The van der Waals surface area contributed by atoms with Crippen LogP contribution in [0.2, 0.25) is 0 Å². The molecule has 0 saturated carbocycles. The van der Waals surface area contributed by atoms with E-state index in [0.29, 0.717) is 4.47 Å². The summed E-state index contributed by atoms with van der Waals surface area (Å²) in [5.41, 5.74) is 0.0703. The Kier molecular flexibility index (Phi) is 5.51. The lowest BCUT2D eigenvalue weighted by Crippen LogP contribution is -2.36. The van der Waals surface area contributed by atoms with Crippen LogP contribution in [0.25, 0.3) is 0 Å². The molecule has 0 fully saturated rings. The predicted molar refractivity (Wildman–Crippen MR) is 74.8 cm³/mol. The molecule has 1 aromatic rings. The van der Waals surface area contributed by atoms with Crippen LogP contribution in [0.3, 0.4) is 0 Å². The molecule has 1 aromatic carbocycles. The van der Waals surface area contributed by atoms with E-state index < -0.39 is 18.0 Å². The molecule has 8 heteroatoms. The smallest absolute Gasteiger partial charge is 0.337 e. The number of aromatic carboxylic acids is 1. The number of anilines is 1. The number of methoxy groups -OCH3 is 1. The highest BCUT2D eigenvalue weighted by Crippen LogP contribution is 2.26. The van der Waals surface area contributed by atoms with Gasteiger partial charge in [0.25, 0.3) is 0 Å². The van der Waals surface area contributed by atoms with Crippen LogP contribution in [0.4, 0.5) is 10.5 Å². The number of urea groups is 1. The van der Waals surface area contributed by atoms with Gasteiger partial charge < -0.3 is 20.1 Å². The minimum atomic E-state index is -1.17. The minimum Gasteiger partial charge on any atom is -0.478 e. The molecule has 2 amide bonds. The number of likely N-dealkylation sites (N-methyl/N-ethyl adjacent to an activating group) is 1. The third kappa shape index (κ3) is 3.95. The molecule has 0 spiro atoms. The Morgan fingerprint density at radius 2 is 2.05 bits per heavy atom. The summed E-state index contributed by atoms with van der Waals surface area (Å²) in [6, 6.07) is 3.89. The number of carbonyl (C=O) groups excluding carboxylic acids is 2. The largest absolute Gasteiger partial charge is 0.478 e. The topological polar surface area (TPSA) is 95.9 Å². The Morgan fingerprint density at radius 3 is 2.60 bits per heavy atom. The number of carboxylic acid groups (broad SMARTS) is 1. The standard InChI is InChI=1S/C12H13BrN2O5/c1-15(6-9(16)20-2)12(19)14-10-7(11(17)18)4-3-5-8(10)13/h3-5H,6H2,1-2H3,(H,14,19)(H,17,18).